The topological polar surface area (TPSA) is 88.0 Å². The SMILES string of the molecule is [B]CC(=O)NC(COC)COP(O)O. The van der Waals surface area contributed by atoms with E-state index in [1.54, 1.807) is 0 Å². The molecule has 0 saturated carbocycles. The Balaban J connectivity index is 3.82. The molecule has 0 fully saturated rings. The maximum absolute atomic E-state index is 10.9. The fraction of sp³-hybridized carbons (Fsp3) is 0.833. The van der Waals surface area contributed by atoms with Gasteiger partial charge in [0.05, 0.1) is 27.1 Å². The molecule has 6 nitrogen and oxygen atoms in total. The van der Waals surface area contributed by atoms with Gasteiger partial charge in [0.25, 0.3) is 0 Å². The summed E-state index contributed by atoms with van der Waals surface area (Å²) in [5.41, 5.74) is 0. The maximum Gasteiger partial charge on any atom is 0.327 e. The van der Waals surface area contributed by atoms with Crippen LogP contribution in [0.3, 0.4) is 0 Å². The Morgan fingerprint density at radius 3 is 2.64 bits per heavy atom. The number of methoxy groups -OCH3 is 1. The second-order valence-electron chi connectivity index (χ2n) is 2.47. The van der Waals surface area contributed by atoms with E-state index >= 15 is 0 Å². The Kier molecular flexibility index (Phi) is 8.03. The highest BCUT2D eigenvalue weighted by Crippen LogP contribution is 2.23. The molecule has 2 radical (unpaired) electrons. The maximum atomic E-state index is 10.9. The molecule has 0 aromatic carbocycles. The highest BCUT2D eigenvalue weighted by molar-refractivity contribution is 7.39. The molecule has 14 heavy (non-hydrogen) atoms. The summed E-state index contributed by atoms with van der Waals surface area (Å²) in [6.45, 7) is 0.188. The first kappa shape index (κ1) is 13.8. The third-order valence-electron chi connectivity index (χ3n) is 1.31. The Hall–Kier alpha value is -0.195. The van der Waals surface area contributed by atoms with Gasteiger partial charge in [-0.05, 0) is 6.32 Å². The van der Waals surface area contributed by atoms with Gasteiger partial charge >= 0.3 is 8.60 Å². The second kappa shape index (κ2) is 8.14. The van der Waals surface area contributed by atoms with Crippen molar-refractivity contribution in [1.29, 1.82) is 0 Å². The highest BCUT2D eigenvalue weighted by Gasteiger charge is 2.13. The lowest BCUT2D eigenvalue weighted by molar-refractivity contribution is -0.120. The first-order chi connectivity index (χ1) is 6.60. The lowest BCUT2D eigenvalue weighted by Crippen LogP contribution is -2.40. The number of rotatable bonds is 7. The molecular weight excluding hydrogens is 208 g/mol. The summed E-state index contributed by atoms with van der Waals surface area (Å²) >= 11 is 0. The van der Waals surface area contributed by atoms with Gasteiger partial charge in [0.1, 0.15) is 0 Å². The Morgan fingerprint density at radius 1 is 1.57 bits per heavy atom. The predicted molar refractivity (Wildman–Crippen MR) is 51.7 cm³/mol. The van der Waals surface area contributed by atoms with Gasteiger partial charge in [-0.2, -0.15) is 0 Å². The molecule has 80 valence electrons. The van der Waals surface area contributed by atoms with Crippen LogP contribution < -0.4 is 5.32 Å². The number of carbonyl (C=O) groups is 1. The molecule has 0 saturated heterocycles. The van der Waals surface area contributed by atoms with E-state index in [4.69, 9.17) is 22.4 Å². The third kappa shape index (κ3) is 7.23. The van der Waals surface area contributed by atoms with Crippen LogP contribution in [0.1, 0.15) is 0 Å². The van der Waals surface area contributed by atoms with Gasteiger partial charge in [0.2, 0.25) is 5.91 Å². The van der Waals surface area contributed by atoms with E-state index in [-0.39, 0.29) is 25.4 Å². The van der Waals surface area contributed by atoms with Crippen LogP contribution in [-0.4, -0.2) is 49.9 Å². The summed E-state index contributed by atoms with van der Waals surface area (Å²) in [5, 5.41) is 2.50. The van der Waals surface area contributed by atoms with E-state index in [1.165, 1.54) is 7.11 Å². The van der Waals surface area contributed by atoms with E-state index in [9.17, 15) is 4.79 Å². The lowest BCUT2D eigenvalue weighted by atomic mass is 10.0. The van der Waals surface area contributed by atoms with Gasteiger partial charge in [0, 0.05) is 7.11 Å². The lowest BCUT2D eigenvalue weighted by Gasteiger charge is -2.17. The van der Waals surface area contributed by atoms with Crippen LogP contribution in [0.15, 0.2) is 0 Å². The molecule has 0 aromatic heterocycles. The number of hydrogen-bond acceptors (Lipinski definition) is 5. The van der Waals surface area contributed by atoms with E-state index in [0.717, 1.165) is 0 Å². The third-order valence-corrected chi connectivity index (χ3v) is 1.69. The summed E-state index contributed by atoms with van der Waals surface area (Å²) in [5.74, 6) is -0.351. The number of nitrogens with one attached hydrogen (secondary N) is 1. The fourth-order valence-corrected chi connectivity index (χ4v) is 1.09. The zero-order valence-electron chi connectivity index (χ0n) is 7.84. The van der Waals surface area contributed by atoms with Crippen molar-refractivity contribution in [2.24, 2.45) is 0 Å². The van der Waals surface area contributed by atoms with Gasteiger partial charge in [-0.3, -0.25) is 4.79 Å². The van der Waals surface area contributed by atoms with Crippen LogP contribution in [0.25, 0.3) is 0 Å². The number of hydrogen-bond donors (Lipinski definition) is 3. The van der Waals surface area contributed by atoms with Crippen molar-refractivity contribution in [1.82, 2.24) is 5.32 Å². The normalized spacial score (nSPS) is 12.9. The van der Waals surface area contributed by atoms with E-state index in [1.807, 2.05) is 0 Å². The van der Waals surface area contributed by atoms with Crippen molar-refractivity contribution >= 4 is 22.4 Å². The van der Waals surface area contributed by atoms with Gasteiger partial charge < -0.3 is 24.4 Å². The van der Waals surface area contributed by atoms with E-state index < -0.39 is 14.6 Å². The predicted octanol–water partition coefficient (Wildman–Crippen LogP) is -1.07. The molecule has 0 bridgehead atoms. The zero-order valence-corrected chi connectivity index (χ0v) is 8.74. The smallest absolute Gasteiger partial charge is 0.327 e. The van der Waals surface area contributed by atoms with Crippen molar-refractivity contribution < 1.29 is 23.8 Å². The average molecular weight is 221 g/mol. The summed E-state index contributed by atoms with van der Waals surface area (Å²) in [6, 6.07) is -0.430. The minimum Gasteiger partial charge on any atom is -0.382 e. The molecule has 0 aliphatic rings. The zero-order chi connectivity index (χ0) is 11.0. The quantitative estimate of drug-likeness (QED) is 0.376. The number of amides is 1. The molecule has 3 N–H and O–H groups in total. The van der Waals surface area contributed by atoms with Crippen LogP contribution >= 0.6 is 8.60 Å². The van der Waals surface area contributed by atoms with E-state index in [0.29, 0.717) is 0 Å². The van der Waals surface area contributed by atoms with Crippen molar-refractivity contribution in [3.8, 4) is 0 Å². The summed E-state index contributed by atoms with van der Waals surface area (Å²) in [7, 11) is 4.13. The van der Waals surface area contributed by atoms with Crippen LogP contribution in [0.5, 0.6) is 0 Å². The molecule has 1 unspecified atom stereocenters. The minimum absolute atomic E-state index is 0.0295. The second-order valence-corrected chi connectivity index (χ2v) is 3.24. The highest BCUT2D eigenvalue weighted by atomic mass is 31.2. The molecule has 0 rings (SSSR count). The molecule has 1 amide bonds. The summed E-state index contributed by atoms with van der Waals surface area (Å²) < 4.78 is 9.33. The van der Waals surface area contributed by atoms with Gasteiger partial charge in [-0.15, -0.1) is 0 Å². The fourth-order valence-electron chi connectivity index (χ4n) is 0.776. The van der Waals surface area contributed by atoms with Crippen molar-refractivity contribution in [3.63, 3.8) is 0 Å². The first-order valence-corrected chi connectivity index (χ1v) is 5.05. The van der Waals surface area contributed by atoms with Crippen LogP contribution in [0, 0.1) is 0 Å². The largest absolute Gasteiger partial charge is 0.382 e. The Morgan fingerprint density at radius 2 is 2.21 bits per heavy atom. The van der Waals surface area contributed by atoms with Gasteiger partial charge in [-0.1, -0.05) is 0 Å². The molecule has 0 aliphatic heterocycles. The standard InChI is InChI=1S/C6H13BNO5P/c1-12-3-5(4-13-14(10)11)8-6(9)2-7/h5,10-11H,2-4H2,1H3,(H,8,9). The van der Waals surface area contributed by atoms with Crippen molar-refractivity contribution in [2.45, 2.75) is 12.4 Å². The average Bonchev–Trinajstić information content (AvgIpc) is 2.14. The van der Waals surface area contributed by atoms with Gasteiger partial charge in [-0.25, -0.2) is 0 Å². The molecule has 0 heterocycles. The summed E-state index contributed by atoms with van der Waals surface area (Å²) in [4.78, 5) is 27.8. The molecule has 1 atom stereocenters. The van der Waals surface area contributed by atoms with Gasteiger partial charge in [0.15, 0.2) is 0 Å². The van der Waals surface area contributed by atoms with E-state index in [2.05, 4.69) is 9.84 Å². The number of ether oxygens (including phenoxy) is 1. The minimum atomic E-state index is -2.41. The molecule has 0 spiro atoms. The van der Waals surface area contributed by atoms with Crippen LogP contribution in [-0.2, 0) is 14.1 Å². The van der Waals surface area contributed by atoms with Crippen LogP contribution in [0.4, 0.5) is 0 Å². The Labute approximate surface area is 85.0 Å². The Bertz CT molecular complexity index is 170. The van der Waals surface area contributed by atoms with Crippen molar-refractivity contribution in [3.05, 3.63) is 0 Å². The molecule has 0 aliphatic carbocycles. The summed E-state index contributed by atoms with van der Waals surface area (Å²) in [6.07, 6.45) is -0.132. The molecular formula is C6H13BNO5P. The van der Waals surface area contributed by atoms with Crippen LogP contribution in [0.2, 0.25) is 6.32 Å². The molecule has 0 aromatic rings. The molecule has 8 heteroatoms. The monoisotopic (exact) mass is 221 g/mol. The first-order valence-electron chi connectivity index (χ1n) is 3.89. The number of carbonyl (C=O) groups excluding carboxylic acids is 1. The van der Waals surface area contributed by atoms with Crippen molar-refractivity contribution in [2.75, 3.05) is 20.3 Å².